The number of tetrazole rings is 1. The number of hydrogen-bond donors (Lipinski definition) is 0. The molecule has 29 heavy (non-hydrogen) atoms. The van der Waals surface area contributed by atoms with E-state index in [9.17, 15) is 4.79 Å². The number of halogens is 1. The molecule has 0 aliphatic carbocycles. The molecule has 4 aromatic rings. The fourth-order valence-corrected chi connectivity index (χ4v) is 3.10. The maximum atomic E-state index is 12.1. The summed E-state index contributed by atoms with van der Waals surface area (Å²) in [7, 11) is 0. The Morgan fingerprint density at radius 2 is 1.97 bits per heavy atom. The molecule has 2 aromatic carbocycles. The van der Waals surface area contributed by atoms with Crippen molar-refractivity contribution in [1.29, 1.82) is 0 Å². The second-order valence-corrected chi connectivity index (χ2v) is 7.17. The predicted molar refractivity (Wildman–Crippen MR) is 110 cm³/mol. The molecule has 8 heteroatoms. The van der Waals surface area contributed by atoms with Gasteiger partial charge in [-0.1, -0.05) is 41.9 Å². The van der Waals surface area contributed by atoms with Crippen LogP contribution in [0.15, 0.2) is 54.6 Å². The van der Waals surface area contributed by atoms with Gasteiger partial charge in [0.2, 0.25) is 5.82 Å². The zero-order valence-electron chi connectivity index (χ0n) is 15.9. The fraction of sp³-hybridized carbons (Fsp3) is 0.190. The molecule has 7 nitrogen and oxygen atoms in total. The Morgan fingerprint density at radius 1 is 1.14 bits per heavy atom. The molecule has 4 rings (SSSR count). The lowest BCUT2D eigenvalue weighted by molar-refractivity contribution is 0.0378. The number of ether oxygens (including phenoxy) is 1. The van der Waals surface area contributed by atoms with E-state index in [4.69, 9.17) is 16.3 Å². The standard InChI is InChI=1S/C21H18ClN5O2/c1-13(2)29-21(28)16-8-5-7-15(11-16)20-24-26-27(25-20)12-17-10-14-6-3-4-9-18(14)23-19(17)22/h3-11,13H,12H2,1-2H3. The van der Waals surface area contributed by atoms with Crippen LogP contribution in [-0.4, -0.2) is 37.3 Å². The largest absolute Gasteiger partial charge is 0.459 e. The van der Waals surface area contributed by atoms with Gasteiger partial charge in [-0.15, -0.1) is 10.2 Å². The van der Waals surface area contributed by atoms with Crippen LogP contribution in [0.1, 0.15) is 29.8 Å². The monoisotopic (exact) mass is 407 g/mol. The summed E-state index contributed by atoms with van der Waals surface area (Å²) >= 11 is 6.32. The molecule has 0 amide bonds. The quantitative estimate of drug-likeness (QED) is 0.365. The maximum Gasteiger partial charge on any atom is 0.338 e. The van der Waals surface area contributed by atoms with Crippen molar-refractivity contribution in [3.05, 3.63) is 70.9 Å². The number of rotatable bonds is 5. The molecule has 146 valence electrons. The van der Waals surface area contributed by atoms with E-state index in [1.807, 2.05) is 50.2 Å². The highest BCUT2D eigenvalue weighted by Gasteiger charge is 2.13. The normalized spacial score (nSPS) is 11.2. The molecule has 2 heterocycles. The van der Waals surface area contributed by atoms with Gasteiger partial charge in [0.15, 0.2) is 0 Å². The highest BCUT2D eigenvalue weighted by Crippen LogP contribution is 2.22. The Hall–Kier alpha value is -3.32. The molecule has 0 bridgehead atoms. The van der Waals surface area contributed by atoms with Crippen LogP contribution in [0.25, 0.3) is 22.3 Å². The van der Waals surface area contributed by atoms with Crippen molar-refractivity contribution < 1.29 is 9.53 Å². The molecule has 2 aromatic heterocycles. The molecule has 0 fully saturated rings. The first kappa shape index (κ1) is 19.0. The zero-order valence-corrected chi connectivity index (χ0v) is 16.7. The van der Waals surface area contributed by atoms with Crippen molar-refractivity contribution in [3.63, 3.8) is 0 Å². The molecule has 0 saturated heterocycles. The summed E-state index contributed by atoms with van der Waals surface area (Å²) in [6, 6.07) is 16.7. The van der Waals surface area contributed by atoms with E-state index < -0.39 is 0 Å². The van der Waals surface area contributed by atoms with Crippen LogP contribution < -0.4 is 0 Å². The zero-order chi connectivity index (χ0) is 20.4. The van der Waals surface area contributed by atoms with Crippen LogP contribution in [0, 0.1) is 0 Å². The smallest absolute Gasteiger partial charge is 0.338 e. The predicted octanol–water partition coefficient (Wildman–Crippen LogP) is 4.16. The third-order valence-corrected chi connectivity index (χ3v) is 4.54. The number of carbonyl (C=O) groups excluding carboxylic acids is 1. The van der Waals surface area contributed by atoms with Gasteiger partial charge in [-0.3, -0.25) is 0 Å². The van der Waals surface area contributed by atoms with E-state index >= 15 is 0 Å². The molecule has 0 unspecified atom stereocenters. The van der Waals surface area contributed by atoms with Crippen molar-refractivity contribution in [1.82, 2.24) is 25.2 Å². The summed E-state index contributed by atoms with van der Waals surface area (Å²) in [6.45, 7) is 3.95. The number of nitrogens with zero attached hydrogens (tertiary/aromatic N) is 5. The minimum Gasteiger partial charge on any atom is -0.459 e. The Labute approximate surface area is 172 Å². The Kier molecular flexibility index (Phi) is 5.22. The molecule has 0 aliphatic rings. The van der Waals surface area contributed by atoms with Gasteiger partial charge in [0.1, 0.15) is 5.15 Å². The molecule has 0 saturated carbocycles. The number of esters is 1. The van der Waals surface area contributed by atoms with E-state index in [-0.39, 0.29) is 12.1 Å². The third-order valence-electron chi connectivity index (χ3n) is 4.21. The summed E-state index contributed by atoms with van der Waals surface area (Å²) in [6.07, 6.45) is -0.189. The van der Waals surface area contributed by atoms with E-state index in [1.54, 1.807) is 18.2 Å². The van der Waals surface area contributed by atoms with Crippen molar-refractivity contribution in [3.8, 4) is 11.4 Å². The van der Waals surface area contributed by atoms with Gasteiger partial charge in [-0.2, -0.15) is 4.80 Å². The average molecular weight is 408 g/mol. The molecule has 0 spiro atoms. The number of fused-ring (bicyclic) bond motifs is 1. The molecule has 0 N–H and O–H groups in total. The first-order valence-electron chi connectivity index (χ1n) is 9.13. The lowest BCUT2D eigenvalue weighted by Gasteiger charge is -2.08. The molecule has 0 aliphatic heterocycles. The van der Waals surface area contributed by atoms with Crippen molar-refractivity contribution in [2.24, 2.45) is 0 Å². The second-order valence-electron chi connectivity index (χ2n) is 6.81. The van der Waals surface area contributed by atoms with Crippen molar-refractivity contribution in [2.45, 2.75) is 26.5 Å². The Balaban J connectivity index is 1.58. The van der Waals surface area contributed by atoms with Crippen LogP contribution in [0.4, 0.5) is 0 Å². The van der Waals surface area contributed by atoms with Gasteiger partial charge in [0.25, 0.3) is 0 Å². The lowest BCUT2D eigenvalue weighted by atomic mass is 10.1. The topological polar surface area (TPSA) is 82.8 Å². The number of hydrogen-bond acceptors (Lipinski definition) is 6. The number of para-hydroxylation sites is 1. The van der Waals surface area contributed by atoms with Crippen LogP contribution in [-0.2, 0) is 11.3 Å². The first-order chi connectivity index (χ1) is 14.0. The van der Waals surface area contributed by atoms with Gasteiger partial charge in [0, 0.05) is 16.5 Å². The van der Waals surface area contributed by atoms with Gasteiger partial charge in [0.05, 0.1) is 23.7 Å². The highest BCUT2D eigenvalue weighted by atomic mass is 35.5. The molecular formula is C21H18ClN5O2. The molecule has 0 atom stereocenters. The second kappa shape index (κ2) is 7.97. The number of carbonyl (C=O) groups is 1. The van der Waals surface area contributed by atoms with Gasteiger partial charge < -0.3 is 4.74 Å². The van der Waals surface area contributed by atoms with Crippen molar-refractivity contribution in [2.75, 3.05) is 0 Å². The van der Waals surface area contributed by atoms with Crippen LogP contribution in [0.2, 0.25) is 5.15 Å². The molecular weight excluding hydrogens is 390 g/mol. The Bertz CT molecular complexity index is 1190. The Morgan fingerprint density at radius 3 is 2.79 bits per heavy atom. The van der Waals surface area contributed by atoms with Crippen LogP contribution >= 0.6 is 11.6 Å². The molecule has 0 radical (unpaired) electrons. The van der Waals surface area contributed by atoms with E-state index in [0.29, 0.717) is 28.6 Å². The summed E-state index contributed by atoms with van der Waals surface area (Å²) in [5.41, 5.74) is 2.74. The summed E-state index contributed by atoms with van der Waals surface area (Å²) < 4.78 is 5.24. The van der Waals surface area contributed by atoms with Crippen molar-refractivity contribution >= 4 is 28.5 Å². The van der Waals surface area contributed by atoms with Gasteiger partial charge in [-0.05, 0) is 43.3 Å². The van der Waals surface area contributed by atoms with Gasteiger partial charge in [-0.25, -0.2) is 9.78 Å². The average Bonchev–Trinajstić information content (AvgIpc) is 3.17. The number of aromatic nitrogens is 5. The fourth-order valence-electron chi connectivity index (χ4n) is 2.89. The third kappa shape index (κ3) is 4.25. The van der Waals surface area contributed by atoms with Gasteiger partial charge >= 0.3 is 5.97 Å². The van der Waals surface area contributed by atoms with E-state index in [1.165, 1.54) is 4.80 Å². The highest BCUT2D eigenvalue weighted by molar-refractivity contribution is 6.30. The number of benzene rings is 2. The maximum absolute atomic E-state index is 12.1. The lowest BCUT2D eigenvalue weighted by Crippen LogP contribution is -2.11. The first-order valence-corrected chi connectivity index (χ1v) is 9.51. The summed E-state index contributed by atoms with van der Waals surface area (Å²) in [5, 5.41) is 14.0. The minimum atomic E-state index is -0.386. The van der Waals surface area contributed by atoms with Crippen LogP contribution in [0.5, 0.6) is 0 Å². The van der Waals surface area contributed by atoms with E-state index in [0.717, 1.165) is 16.5 Å². The number of pyridine rings is 1. The van der Waals surface area contributed by atoms with Crippen LogP contribution in [0.3, 0.4) is 0 Å². The SMILES string of the molecule is CC(C)OC(=O)c1cccc(-c2nnn(Cc3cc4ccccc4nc3Cl)n2)c1. The minimum absolute atomic E-state index is 0.189. The summed E-state index contributed by atoms with van der Waals surface area (Å²) in [4.78, 5) is 18.0. The van der Waals surface area contributed by atoms with E-state index in [2.05, 4.69) is 20.4 Å². The summed E-state index contributed by atoms with van der Waals surface area (Å²) in [5.74, 6) is 0.0253.